The first-order chi connectivity index (χ1) is 7.71. The van der Waals surface area contributed by atoms with Crippen LogP contribution < -0.4 is 5.73 Å². The van der Waals surface area contributed by atoms with Crippen molar-refractivity contribution in [2.75, 3.05) is 0 Å². The Hall–Kier alpha value is -1.05. The lowest BCUT2D eigenvalue weighted by Crippen LogP contribution is -2.35. The van der Waals surface area contributed by atoms with Gasteiger partial charge in [-0.1, -0.05) is 52.0 Å². The van der Waals surface area contributed by atoms with Gasteiger partial charge in [0.1, 0.15) is 0 Å². The Balaban J connectivity index is 4.29. The molecule has 2 heteroatoms. The van der Waals surface area contributed by atoms with Crippen molar-refractivity contribution in [2.24, 2.45) is 16.6 Å². The molecule has 0 aliphatic heterocycles. The van der Waals surface area contributed by atoms with Gasteiger partial charge in [0, 0.05) is 5.41 Å². The number of rotatable bonds is 7. The molecule has 17 heavy (non-hydrogen) atoms. The average Bonchev–Trinajstić information content (AvgIpc) is 2.15. The summed E-state index contributed by atoms with van der Waals surface area (Å²) in [6, 6.07) is 0. The van der Waals surface area contributed by atoms with Crippen molar-refractivity contribution in [1.82, 2.24) is 0 Å². The highest BCUT2D eigenvalue weighted by Gasteiger charge is 2.32. The molecule has 2 nitrogen and oxygen atoms in total. The molecule has 0 aromatic heterocycles. The number of carbonyl (C=O) groups excluding carboxylic acids is 1. The zero-order valence-corrected chi connectivity index (χ0v) is 11.9. The topological polar surface area (TPSA) is 43.1 Å². The minimum atomic E-state index is -0.430. The molecule has 0 unspecified atom stereocenters. The number of hydrogen-bond acceptors (Lipinski definition) is 1. The van der Waals surface area contributed by atoms with Crippen molar-refractivity contribution < 1.29 is 4.79 Å². The fourth-order valence-electron chi connectivity index (χ4n) is 2.07. The Morgan fingerprint density at radius 2 is 1.71 bits per heavy atom. The Bertz CT molecular complexity index is 298. The maximum absolute atomic E-state index is 11.3. The highest BCUT2D eigenvalue weighted by atomic mass is 16.1. The first kappa shape index (κ1) is 16.0. The molecule has 0 radical (unpaired) electrons. The maximum Gasteiger partial charge on any atom is 0.223 e. The number of allylic oxidation sites excluding steroid dienone is 4. The second kappa shape index (κ2) is 6.63. The quantitative estimate of drug-likeness (QED) is 0.672. The van der Waals surface area contributed by atoms with Crippen molar-refractivity contribution in [3.8, 4) is 0 Å². The molecule has 0 spiro atoms. The van der Waals surface area contributed by atoms with Crippen LogP contribution in [0.25, 0.3) is 0 Å². The number of carbonyl (C=O) groups is 1. The number of nitrogens with two attached hydrogens (primary N) is 1. The molecule has 0 heterocycles. The van der Waals surface area contributed by atoms with Crippen molar-refractivity contribution in [3.05, 3.63) is 24.3 Å². The van der Waals surface area contributed by atoms with Crippen molar-refractivity contribution in [2.45, 2.75) is 53.9 Å². The minimum absolute atomic E-state index is 0.102. The van der Waals surface area contributed by atoms with E-state index >= 15 is 0 Å². The molecule has 0 aromatic carbocycles. The van der Waals surface area contributed by atoms with Crippen LogP contribution in [0.4, 0.5) is 0 Å². The van der Waals surface area contributed by atoms with E-state index in [2.05, 4.69) is 32.1 Å². The summed E-state index contributed by atoms with van der Waals surface area (Å²) < 4.78 is 0. The van der Waals surface area contributed by atoms with Gasteiger partial charge in [-0.3, -0.25) is 4.79 Å². The lowest BCUT2D eigenvalue weighted by Gasteiger charge is -2.32. The van der Waals surface area contributed by atoms with Crippen LogP contribution in [-0.4, -0.2) is 5.91 Å². The van der Waals surface area contributed by atoms with Gasteiger partial charge in [0.2, 0.25) is 5.91 Å². The van der Waals surface area contributed by atoms with Crippen LogP contribution in [0.3, 0.4) is 0 Å². The second-order valence-corrected chi connectivity index (χ2v) is 6.07. The average molecular weight is 237 g/mol. The fourth-order valence-corrected chi connectivity index (χ4v) is 2.07. The SMILES string of the molecule is C/C=C\C/C=C\CC(C)(C)CC(C)(C)C(N)=O. The summed E-state index contributed by atoms with van der Waals surface area (Å²) in [5.74, 6) is -0.219. The minimum Gasteiger partial charge on any atom is -0.369 e. The summed E-state index contributed by atoms with van der Waals surface area (Å²) in [6.45, 7) is 10.2. The summed E-state index contributed by atoms with van der Waals surface area (Å²) in [5, 5.41) is 0. The fraction of sp³-hybridized carbons (Fsp3) is 0.667. The molecule has 0 aromatic rings. The summed E-state index contributed by atoms with van der Waals surface area (Å²) >= 11 is 0. The first-order valence-corrected chi connectivity index (χ1v) is 6.27. The van der Waals surface area contributed by atoms with Crippen LogP contribution in [0, 0.1) is 10.8 Å². The lowest BCUT2D eigenvalue weighted by atomic mass is 9.73. The molecule has 0 aliphatic rings. The molecule has 0 atom stereocenters. The molecule has 2 N–H and O–H groups in total. The molecule has 1 amide bonds. The van der Waals surface area contributed by atoms with E-state index in [1.807, 2.05) is 26.8 Å². The van der Waals surface area contributed by atoms with E-state index in [-0.39, 0.29) is 11.3 Å². The molecule has 0 fully saturated rings. The first-order valence-electron chi connectivity index (χ1n) is 6.27. The van der Waals surface area contributed by atoms with Crippen LogP contribution in [-0.2, 0) is 4.79 Å². The number of amides is 1. The summed E-state index contributed by atoms with van der Waals surface area (Å²) in [7, 11) is 0. The van der Waals surface area contributed by atoms with E-state index in [9.17, 15) is 4.79 Å². The van der Waals surface area contributed by atoms with Gasteiger partial charge < -0.3 is 5.73 Å². The van der Waals surface area contributed by atoms with Crippen LogP contribution in [0.5, 0.6) is 0 Å². The van der Waals surface area contributed by atoms with E-state index in [1.54, 1.807) is 0 Å². The predicted molar refractivity (Wildman–Crippen MR) is 74.6 cm³/mol. The highest BCUT2D eigenvalue weighted by Crippen LogP contribution is 2.36. The molecule has 0 saturated carbocycles. The van der Waals surface area contributed by atoms with E-state index in [1.165, 1.54) is 0 Å². The van der Waals surface area contributed by atoms with Gasteiger partial charge in [-0.25, -0.2) is 0 Å². The van der Waals surface area contributed by atoms with Gasteiger partial charge in [-0.05, 0) is 31.6 Å². The Morgan fingerprint density at radius 3 is 2.18 bits per heavy atom. The summed E-state index contributed by atoms with van der Waals surface area (Å²) in [4.78, 5) is 11.3. The highest BCUT2D eigenvalue weighted by molar-refractivity contribution is 5.79. The smallest absolute Gasteiger partial charge is 0.223 e. The van der Waals surface area contributed by atoms with E-state index in [0.29, 0.717) is 0 Å². The van der Waals surface area contributed by atoms with Crippen LogP contribution in [0.15, 0.2) is 24.3 Å². The van der Waals surface area contributed by atoms with Gasteiger partial charge in [0.25, 0.3) is 0 Å². The zero-order valence-electron chi connectivity index (χ0n) is 11.9. The summed E-state index contributed by atoms with van der Waals surface area (Å²) in [6.07, 6.45) is 11.3. The molecule has 0 aliphatic carbocycles. The van der Waals surface area contributed by atoms with Gasteiger partial charge >= 0.3 is 0 Å². The van der Waals surface area contributed by atoms with E-state index in [0.717, 1.165) is 19.3 Å². The van der Waals surface area contributed by atoms with Gasteiger partial charge in [-0.15, -0.1) is 0 Å². The van der Waals surface area contributed by atoms with Gasteiger partial charge in [-0.2, -0.15) is 0 Å². The maximum atomic E-state index is 11.3. The monoisotopic (exact) mass is 237 g/mol. The zero-order chi connectivity index (χ0) is 13.5. The molecule has 0 rings (SSSR count). The van der Waals surface area contributed by atoms with Crippen LogP contribution >= 0.6 is 0 Å². The lowest BCUT2D eigenvalue weighted by molar-refractivity contribution is -0.127. The van der Waals surface area contributed by atoms with Crippen molar-refractivity contribution in [3.63, 3.8) is 0 Å². The van der Waals surface area contributed by atoms with Crippen molar-refractivity contribution in [1.29, 1.82) is 0 Å². The van der Waals surface area contributed by atoms with Crippen LogP contribution in [0.1, 0.15) is 53.9 Å². The Morgan fingerprint density at radius 1 is 1.12 bits per heavy atom. The van der Waals surface area contributed by atoms with Gasteiger partial charge in [0.15, 0.2) is 0 Å². The third kappa shape index (κ3) is 6.98. The van der Waals surface area contributed by atoms with Crippen LogP contribution in [0.2, 0.25) is 0 Å². The molecule has 0 saturated heterocycles. The normalized spacial score (nSPS) is 13.7. The molecule has 0 bridgehead atoms. The predicted octanol–water partition coefficient (Wildman–Crippen LogP) is 3.83. The largest absolute Gasteiger partial charge is 0.369 e. The van der Waals surface area contributed by atoms with E-state index in [4.69, 9.17) is 5.73 Å². The Kier molecular flexibility index (Phi) is 6.22. The molecule has 98 valence electrons. The third-order valence-electron chi connectivity index (χ3n) is 2.93. The number of hydrogen-bond donors (Lipinski definition) is 1. The standard InChI is InChI=1S/C15H27NO/c1-6-7-8-9-10-11-14(2,3)12-15(4,5)13(16)17/h6-7,9-10H,8,11-12H2,1-5H3,(H2,16,17)/b7-6-,10-9-. The van der Waals surface area contributed by atoms with Gasteiger partial charge in [0.05, 0.1) is 0 Å². The molecular formula is C15H27NO. The Labute approximate surface area is 106 Å². The third-order valence-corrected chi connectivity index (χ3v) is 2.93. The van der Waals surface area contributed by atoms with E-state index < -0.39 is 5.41 Å². The number of primary amides is 1. The van der Waals surface area contributed by atoms with Crippen molar-refractivity contribution >= 4 is 5.91 Å². The second-order valence-electron chi connectivity index (χ2n) is 6.07. The summed E-state index contributed by atoms with van der Waals surface area (Å²) in [5.41, 5.74) is 5.08. The molecular weight excluding hydrogens is 210 g/mol.